The molecule has 0 fully saturated rings. The maximum Gasteiger partial charge on any atom is 0.336 e. The highest BCUT2D eigenvalue weighted by molar-refractivity contribution is 7.80. The second-order valence-electron chi connectivity index (χ2n) is 6.07. The van der Waals surface area contributed by atoms with Crippen molar-refractivity contribution in [2.45, 2.75) is 0 Å². The van der Waals surface area contributed by atoms with Gasteiger partial charge in [0.15, 0.2) is 5.11 Å². The van der Waals surface area contributed by atoms with Gasteiger partial charge < -0.3 is 10.1 Å². The number of halogens is 1. The minimum atomic E-state index is -0.459. The van der Waals surface area contributed by atoms with E-state index < -0.39 is 5.97 Å². The lowest BCUT2D eigenvalue weighted by atomic mass is 10.2. The molecule has 0 aliphatic heterocycles. The quantitative estimate of drug-likeness (QED) is 0.151. The van der Waals surface area contributed by atoms with Crippen LogP contribution in [0.5, 0.6) is 5.75 Å². The number of nitrogens with zero attached hydrogens (tertiary/aromatic N) is 1. The third kappa shape index (κ3) is 6.96. The molecule has 0 saturated carbocycles. The second kappa shape index (κ2) is 10.6. The summed E-state index contributed by atoms with van der Waals surface area (Å²) in [6.07, 6.45) is 4.64. The summed E-state index contributed by atoms with van der Waals surface area (Å²) in [5.41, 5.74) is 5.03. The number of esters is 1. The summed E-state index contributed by atoms with van der Waals surface area (Å²) in [4.78, 5) is 11.9. The molecule has 0 atom stereocenters. The highest BCUT2D eigenvalue weighted by atomic mass is 32.1. The Morgan fingerprint density at radius 3 is 2.33 bits per heavy atom. The number of carbonyl (C=O) groups is 1. The summed E-state index contributed by atoms with van der Waals surface area (Å²) in [6, 6.07) is 22.2. The van der Waals surface area contributed by atoms with Gasteiger partial charge in [-0.05, 0) is 78.0 Å². The normalized spacial score (nSPS) is 10.8. The van der Waals surface area contributed by atoms with Crippen molar-refractivity contribution in [1.82, 2.24) is 5.43 Å². The lowest BCUT2D eigenvalue weighted by Gasteiger charge is -2.06. The van der Waals surface area contributed by atoms with Gasteiger partial charge in [0.25, 0.3) is 0 Å². The SMILES string of the molecule is O=C(/C=C/c1ccccc1)Oc1ccc(/C=N\NC(=S)Nc2ccc(F)cc2)cc1. The molecule has 0 spiro atoms. The van der Waals surface area contributed by atoms with Crippen LogP contribution in [0.25, 0.3) is 6.08 Å². The molecule has 7 heteroatoms. The van der Waals surface area contributed by atoms with E-state index in [4.69, 9.17) is 17.0 Å². The molecule has 0 aliphatic carbocycles. The molecule has 2 N–H and O–H groups in total. The smallest absolute Gasteiger partial charge is 0.336 e. The van der Waals surface area contributed by atoms with Crippen molar-refractivity contribution in [3.63, 3.8) is 0 Å². The number of anilines is 1. The number of hydrogen-bond acceptors (Lipinski definition) is 4. The van der Waals surface area contributed by atoms with E-state index in [1.807, 2.05) is 30.3 Å². The average molecular weight is 419 g/mol. The Balaban J connectivity index is 1.46. The Morgan fingerprint density at radius 1 is 0.933 bits per heavy atom. The van der Waals surface area contributed by atoms with Gasteiger partial charge in [0, 0.05) is 11.8 Å². The van der Waals surface area contributed by atoms with E-state index in [1.165, 1.54) is 18.2 Å². The van der Waals surface area contributed by atoms with Crippen LogP contribution in [0, 0.1) is 5.82 Å². The Kier molecular flexibility index (Phi) is 7.40. The molecule has 0 radical (unpaired) electrons. The first kappa shape index (κ1) is 20.9. The molecule has 0 amide bonds. The van der Waals surface area contributed by atoms with E-state index in [9.17, 15) is 9.18 Å². The zero-order valence-corrected chi connectivity index (χ0v) is 16.6. The maximum absolute atomic E-state index is 12.9. The molecule has 0 unspecified atom stereocenters. The van der Waals surface area contributed by atoms with Gasteiger partial charge in [-0.15, -0.1) is 0 Å². The fourth-order valence-corrected chi connectivity index (χ4v) is 2.53. The monoisotopic (exact) mass is 419 g/mol. The minimum Gasteiger partial charge on any atom is -0.423 e. The van der Waals surface area contributed by atoms with Gasteiger partial charge in [0.05, 0.1) is 6.21 Å². The molecular formula is C23H18FN3O2S. The summed E-state index contributed by atoms with van der Waals surface area (Å²) >= 11 is 5.12. The Labute approximate surface area is 178 Å². The van der Waals surface area contributed by atoms with E-state index in [-0.39, 0.29) is 10.9 Å². The van der Waals surface area contributed by atoms with E-state index >= 15 is 0 Å². The van der Waals surface area contributed by atoms with Gasteiger partial charge in [-0.1, -0.05) is 30.3 Å². The van der Waals surface area contributed by atoms with Crippen molar-refractivity contribution in [2.24, 2.45) is 5.10 Å². The lowest BCUT2D eigenvalue weighted by Crippen LogP contribution is -2.23. The third-order valence-electron chi connectivity index (χ3n) is 3.79. The van der Waals surface area contributed by atoms with Crippen LogP contribution in [0.3, 0.4) is 0 Å². The highest BCUT2D eigenvalue weighted by Crippen LogP contribution is 2.12. The number of benzene rings is 3. The van der Waals surface area contributed by atoms with Gasteiger partial charge in [0.1, 0.15) is 11.6 Å². The predicted octanol–water partition coefficient (Wildman–Crippen LogP) is 4.77. The first-order valence-corrected chi connectivity index (χ1v) is 9.40. The minimum absolute atomic E-state index is 0.272. The van der Waals surface area contributed by atoms with Gasteiger partial charge in [-0.3, -0.25) is 5.43 Å². The van der Waals surface area contributed by atoms with Crippen LogP contribution in [-0.2, 0) is 4.79 Å². The van der Waals surface area contributed by atoms with E-state index in [0.717, 1.165) is 11.1 Å². The number of hydrazone groups is 1. The van der Waals surface area contributed by atoms with Crippen LogP contribution in [0.15, 0.2) is 90.0 Å². The highest BCUT2D eigenvalue weighted by Gasteiger charge is 2.01. The van der Waals surface area contributed by atoms with Crippen LogP contribution in [0.2, 0.25) is 0 Å². The summed E-state index contributed by atoms with van der Waals surface area (Å²) in [6.45, 7) is 0. The molecule has 0 aliphatic rings. The van der Waals surface area contributed by atoms with E-state index in [1.54, 1.807) is 48.7 Å². The second-order valence-corrected chi connectivity index (χ2v) is 6.47. The van der Waals surface area contributed by atoms with Gasteiger partial charge in [0.2, 0.25) is 0 Å². The number of thiocarbonyl (C=S) groups is 1. The molecule has 0 heterocycles. The van der Waals surface area contributed by atoms with Crippen molar-refractivity contribution in [3.05, 3.63) is 102 Å². The first-order chi connectivity index (χ1) is 14.6. The van der Waals surface area contributed by atoms with Gasteiger partial charge in [-0.2, -0.15) is 5.10 Å². The summed E-state index contributed by atoms with van der Waals surface area (Å²) in [7, 11) is 0. The zero-order valence-electron chi connectivity index (χ0n) is 15.8. The Morgan fingerprint density at radius 2 is 1.63 bits per heavy atom. The van der Waals surface area contributed by atoms with Gasteiger partial charge in [-0.25, -0.2) is 9.18 Å². The first-order valence-electron chi connectivity index (χ1n) is 8.99. The molecular weight excluding hydrogens is 401 g/mol. The van der Waals surface area contributed by atoms with Gasteiger partial charge >= 0.3 is 5.97 Å². The standard InChI is InChI=1S/C23H18FN3O2S/c24-19-9-11-20(12-10-19)26-23(30)27-25-16-18-6-13-21(14-7-18)29-22(28)15-8-17-4-2-1-3-5-17/h1-16H,(H2,26,27,30)/b15-8+,25-16-. The Hall–Kier alpha value is -3.84. The number of rotatable bonds is 6. The number of hydrogen-bond donors (Lipinski definition) is 2. The average Bonchev–Trinajstić information content (AvgIpc) is 2.76. The maximum atomic E-state index is 12.9. The predicted molar refractivity (Wildman–Crippen MR) is 121 cm³/mol. The Bertz CT molecular complexity index is 1050. The van der Waals surface area contributed by atoms with Crippen molar-refractivity contribution in [3.8, 4) is 5.75 Å². The van der Waals surface area contributed by atoms with Crippen molar-refractivity contribution < 1.29 is 13.9 Å². The van der Waals surface area contributed by atoms with E-state index in [0.29, 0.717) is 11.4 Å². The van der Waals surface area contributed by atoms with Crippen LogP contribution >= 0.6 is 12.2 Å². The fourth-order valence-electron chi connectivity index (χ4n) is 2.36. The third-order valence-corrected chi connectivity index (χ3v) is 3.99. The molecule has 30 heavy (non-hydrogen) atoms. The molecule has 150 valence electrons. The molecule has 3 aromatic rings. The van der Waals surface area contributed by atoms with Crippen molar-refractivity contribution in [1.29, 1.82) is 0 Å². The zero-order chi connectivity index (χ0) is 21.2. The fraction of sp³-hybridized carbons (Fsp3) is 0. The summed E-state index contributed by atoms with van der Waals surface area (Å²) < 4.78 is 18.2. The lowest BCUT2D eigenvalue weighted by molar-refractivity contribution is -0.128. The number of nitrogens with one attached hydrogen (secondary N) is 2. The number of carbonyl (C=O) groups excluding carboxylic acids is 1. The number of ether oxygens (including phenoxy) is 1. The molecule has 3 rings (SSSR count). The van der Waals surface area contributed by atoms with Crippen LogP contribution in [0.4, 0.5) is 10.1 Å². The van der Waals surface area contributed by atoms with Crippen molar-refractivity contribution in [2.75, 3.05) is 5.32 Å². The molecule has 0 saturated heterocycles. The molecule has 0 aromatic heterocycles. The topological polar surface area (TPSA) is 62.7 Å². The van der Waals surface area contributed by atoms with Crippen LogP contribution in [0.1, 0.15) is 11.1 Å². The molecule has 5 nitrogen and oxygen atoms in total. The largest absolute Gasteiger partial charge is 0.423 e. The summed E-state index contributed by atoms with van der Waals surface area (Å²) in [5, 5.41) is 7.19. The molecule has 3 aromatic carbocycles. The van der Waals surface area contributed by atoms with Crippen LogP contribution in [-0.4, -0.2) is 17.3 Å². The van der Waals surface area contributed by atoms with E-state index in [2.05, 4.69) is 15.8 Å². The molecule has 0 bridgehead atoms. The summed E-state index contributed by atoms with van der Waals surface area (Å²) in [5.74, 6) is -0.353. The van der Waals surface area contributed by atoms with Crippen molar-refractivity contribution >= 4 is 41.3 Å². The van der Waals surface area contributed by atoms with Crippen LogP contribution < -0.4 is 15.5 Å².